The zero-order chi connectivity index (χ0) is 33.3. The zero-order valence-electron chi connectivity index (χ0n) is 26.8. The molecule has 0 spiro atoms. The molecular weight excluding hydrogens is 602 g/mol. The Labute approximate surface area is 271 Å². The van der Waals surface area contributed by atoms with E-state index in [1.807, 2.05) is 81.4 Å². The van der Waals surface area contributed by atoms with E-state index in [0.717, 1.165) is 15.4 Å². The molecule has 0 aliphatic rings. The summed E-state index contributed by atoms with van der Waals surface area (Å²) in [4.78, 5) is 30.0. The van der Waals surface area contributed by atoms with Crippen LogP contribution in [0.5, 0.6) is 11.5 Å². The Morgan fingerprint density at radius 2 is 1.33 bits per heavy atom. The first-order chi connectivity index (χ1) is 21.9. The van der Waals surface area contributed by atoms with Crippen molar-refractivity contribution in [1.29, 1.82) is 0 Å². The second kappa shape index (κ2) is 15.0. The number of hydrogen-bond acceptors (Lipinski definition) is 6. The Bertz CT molecular complexity index is 1710. The molecule has 0 heterocycles. The quantitative estimate of drug-likeness (QED) is 0.208. The predicted molar refractivity (Wildman–Crippen MR) is 179 cm³/mol. The Balaban J connectivity index is 1.83. The monoisotopic (exact) mass is 643 g/mol. The normalized spacial score (nSPS) is 12.1. The summed E-state index contributed by atoms with van der Waals surface area (Å²) in [6, 6.07) is 30.4. The molecule has 9 nitrogen and oxygen atoms in total. The minimum Gasteiger partial charge on any atom is -0.497 e. The second-order valence-electron chi connectivity index (χ2n) is 11.8. The molecule has 10 heteroatoms. The van der Waals surface area contributed by atoms with Crippen molar-refractivity contribution in [2.45, 2.75) is 50.2 Å². The molecule has 242 valence electrons. The molecule has 4 rings (SSSR count). The van der Waals surface area contributed by atoms with Crippen LogP contribution in [0.25, 0.3) is 0 Å². The van der Waals surface area contributed by atoms with Gasteiger partial charge in [-0.3, -0.25) is 13.9 Å². The molecule has 0 aliphatic carbocycles. The van der Waals surface area contributed by atoms with Crippen LogP contribution in [0.15, 0.2) is 114 Å². The maximum absolute atomic E-state index is 14.6. The van der Waals surface area contributed by atoms with Gasteiger partial charge in [0.1, 0.15) is 24.1 Å². The lowest BCUT2D eigenvalue weighted by molar-refractivity contribution is -0.140. The van der Waals surface area contributed by atoms with Gasteiger partial charge in [-0.05, 0) is 68.3 Å². The van der Waals surface area contributed by atoms with Gasteiger partial charge in [0, 0.05) is 18.5 Å². The van der Waals surface area contributed by atoms with Crippen LogP contribution in [0, 0.1) is 0 Å². The van der Waals surface area contributed by atoms with Crippen LogP contribution in [0.3, 0.4) is 0 Å². The SMILES string of the molecule is COc1ccc(S(=O)(=O)N(CC(=O)N(Cc2ccccc2)[C@H](Cc2ccccc2)C(=O)NC(C)(C)C)c2ccccc2OC)cc1. The van der Waals surface area contributed by atoms with Gasteiger partial charge in [0.2, 0.25) is 11.8 Å². The summed E-state index contributed by atoms with van der Waals surface area (Å²) in [5.74, 6) is -0.144. The number of rotatable bonds is 13. The Hall–Kier alpha value is -4.83. The molecule has 0 saturated heterocycles. The third kappa shape index (κ3) is 8.66. The summed E-state index contributed by atoms with van der Waals surface area (Å²) in [7, 11) is -1.37. The number of carbonyl (C=O) groups is 2. The van der Waals surface area contributed by atoms with E-state index >= 15 is 0 Å². The van der Waals surface area contributed by atoms with Crippen molar-refractivity contribution in [2.75, 3.05) is 25.1 Å². The number of anilines is 1. The van der Waals surface area contributed by atoms with Crippen molar-refractivity contribution in [3.63, 3.8) is 0 Å². The molecule has 4 aromatic rings. The fourth-order valence-electron chi connectivity index (χ4n) is 5.01. The van der Waals surface area contributed by atoms with E-state index in [0.29, 0.717) is 5.75 Å². The topological polar surface area (TPSA) is 105 Å². The number of nitrogens with zero attached hydrogens (tertiary/aromatic N) is 2. The molecule has 1 atom stereocenters. The molecule has 2 amide bonds. The maximum atomic E-state index is 14.6. The Kier molecular flexibility index (Phi) is 11.1. The summed E-state index contributed by atoms with van der Waals surface area (Å²) in [5, 5.41) is 3.03. The van der Waals surface area contributed by atoms with Crippen molar-refractivity contribution in [2.24, 2.45) is 0 Å². The van der Waals surface area contributed by atoms with E-state index in [2.05, 4.69) is 5.32 Å². The lowest BCUT2D eigenvalue weighted by atomic mass is 10.0. The maximum Gasteiger partial charge on any atom is 0.264 e. The minimum absolute atomic E-state index is 0.0343. The van der Waals surface area contributed by atoms with Gasteiger partial charge in [-0.1, -0.05) is 72.8 Å². The van der Waals surface area contributed by atoms with E-state index < -0.39 is 34.1 Å². The van der Waals surface area contributed by atoms with Crippen molar-refractivity contribution in [1.82, 2.24) is 10.2 Å². The third-order valence-corrected chi connectivity index (χ3v) is 9.02. The van der Waals surface area contributed by atoms with Gasteiger partial charge >= 0.3 is 0 Å². The Morgan fingerprint density at radius 1 is 0.761 bits per heavy atom. The molecule has 0 fully saturated rings. The first-order valence-electron chi connectivity index (χ1n) is 14.9. The molecule has 0 aliphatic heterocycles. The number of methoxy groups -OCH3 is 2. The van der Waals surface area contributed by atoms with Gasteiger partial charge in [0.05, 0.1) is 24.8 Å². The predicted octanol–water partition coefficient (Wildman–Crippen LogP) is 5.45. The first kappa shape index (κ1) is 34.1. The van der Waals surface area contributed by atoms with Crippen LogP contribution in [0.1, 0.15) is 31.9 Å². The van der Waals surface area contributed by atoms with E-state index in [1.165, 1.54) is 31.3 Å². The van der Waals surface area contributed by atoms with Crippen LogP contribution in [0.4, 0.5) is 5.69 Å². The highest BCUT2D eigenvalue weighted by atomic mass is 32.2. The summed E-state index contributed by atoms with van der Waals surface area (Å²) >= 11 is 0. The molecule has 0 unspecified atom stereocenters. The highest BCUT2D eigenvalue weighted by Crippen LogP contribution is 2.33. The second-order valence-corrected chi connectivity index (χ2v) is 13.7. The van der Waals surface area contributed by atoms with E-state index in [4.69, 9.17) is 9.47 Å². The lowest BCUT2D eigenvalue weighted by Crippen LogP contribution is -2.56. The van der Waals surface area contributed by atoms with Crippen LogP contribution in [-0.4, -0.2) is 57.5 Å². The molecular formula is C36H41N3O6S. The molecule has 0 bridgehead atoms. The zero-order valence-corrected chi connectivity index (χ0v) is 27.7. The van der Waals surface area contributed by atoms with Crippen LogP contribution in [-0.2, 0) is 32.6 Å². The van der Waals surface area contributed by atoms with Crippen molar-refractivity contribution in [3.8, 4) is 11.5 Å². The standard InChI is InChI=1S/C36H41N3O6S/c1-36(2,3)37-35(41)32(24-27-14-8-6-9-15-27)38(25-28-16-10-7-11-17-28)34(40)26-39(31-18-12-13-19-33(31)45-5)46(42,43)30-22-20-29(44-4)21-23-30/h6-23,32H,24-26H2,1-5H3,(H,37,41)/t32-/m1/s1. The van der Waals surface area contributed by atoms with Gasteiger partial charge in [0.15, 0.2) is 0 Å². The summed E-state index contributed by atoms with van der Waals surface area (Å²) < 4.78 is 40.4. The highest BCUT2D eigenvalue weighted by molar-refractivity contribution is 7.92. The van der Waals surface area contributed by atoms with Crippen LogP contribution in [0.2, 0.25) is 0 Å². The number of nitrogens with one attached hydrogen (secondary N) is 1. The molecule has 1 N–H and O–H groups in total. The molecule has 4 aromatic carbocycles. The minimum atomic E-state index is -4.30. The number of sulfonamides is 1. The number of carbonyl (C=O) groups excluding carboxylic acids is 2. The Morgan fingerprint density at radius 3 is 1.89 bits per heavy atom. The largest absolute Gasteiger partial charge is 0.497 e. The van der Waals surface area contributed by atoms with E-state index in [9.17, 15) is 18.0 Å². The number of ether oxygens (including phenoxy) is 2. The van der Waals surface area contributed by atoms with E-state index in [-0.39, 0.29) is 35.2 Å². The van der Waals surface area contributed by atoms with Gasteiger partial charge in [0.25, 0.3) is 10.0 Å². The van der Waals surface area contributed by atoms with Gasteiger partial charge < -0.3 is 19.7 Å². The van der Waals surface area contributed by atoms with Crippen LogP contribution >= 0.6 is 0 Å². The van der Waals surface area contributed by atoms with Crippen molar-refractivity contribution < 1.29 is 27.5 Å². The van der Waals surface area contributed by atoms with Crippen molar-refractivity contribution in [3.05, 3.63) is 120 Å². The van der Waals surface area contributed by atoms with Crippen molar-refractivity contribution >= 4 is 27.5 Å². The highest BCUT2D eigenvalue weighted by Gasteiger charge is 2.36. The number of amides is 2. The third-order valence-electron chi connectivity index (χ3n) is 7.25. The number of benzene rings is 4. The molecule has 46 heavy (non-hydrogen) atoms. The smallest absolute Gasteiger partial charge is 0.264 e. The molecule has 0 aromatic heterocycles. The fraction of sp³-hybridized carbons (Fsp3) is 0.278. The summed E-state index contributed by atoms with van der Waals surface area (Å²) in [6.45, 7) is 5.11. The average Bonchev–Trinajstić information content (AvgIpc) is 3.05. The van der Waals surface area contributed by atoms with Crippen LogP contribution < -0.4 is 19.1 Å². The average molecular weight is 644 g/mol. The van der Waals surface area contributed by atoms with Gasteiger partial charge in [-0.25, -0.2) is 8.42 Å². The fourth-order valence-corrected chi connectivity index (χ4v) is 6.44. The van der Waals surface area contributed by atoms with Gasteiger partial charge in [-0.2, -0.15) is 0 Å². The molecule has 0 radical (unpaired) electrons. The summed E-state index contributed by atoms with van der Waals surface area (Å²) in [6.07, 6.45) is 0.223. The van der Waals surface area contributed by atoms with E-state index in [1.54, 1.807) is 36.4 Å². The molecule has 0 saturated carbocycles. The number of hydrogen-bond donors (Lipinski definition) is 1. The lowest BCUT2D eigenvalue weighted by Gasteiger charge is -2.35. The summed E-state index contributed by atoms with van der Waals surface area (Å²) in [5.41, 5.74) is 1.26. The number of para-hydroxylation sites is 2. The van der Waals surface area contributed by atoms with Gasteiger partial charge in [-0.15, -0.1) is 0 Å². The first-order valence-corrected chi connectivity index (χ1v) is 16.4.